The van der Waals surface area contributed by atoms with Crippen molar-refractivity contribution in [3.05, 3.63) is 48.0 Å². The summed E-state index contributed by atoms with van der Waals surface area (Å²) in [5, 5.41) is 2.87. The molecule has 126 valence electrons. The molecule has 1 aliphatic rings. The van der Waals surface area contributed by atoms with Crippen LogP contribution in [0, 0.1) is 0 Å². The Morgan fingerprint density at radius 1 is 1.25 bits per heavy atom. The predicted octanol–water partition coefficient (Wildman–Crippen LogP) is 2.57. The van der Waals surface area contributed by atoms with Gasteiger partial charge in [-0.3, -0.25) is 9.78 Å². The summed E-state index contributed by atoms with van der Waals surface area (Å²) in [6, 6.07) is 4.26. The number of nitrogens with zero attached hydrogens (tertiary/aromatic N) is 4. The lowest BCUT2D eigenvalue weighted by molar-refractivity contribution is 0.0950. The average molecular weight is 325 g/mol. The van der Waals surface area contributed by atoms with E-state index >= 15 is 0 Å². The van der Waals surface area contributed by atoms with Crippen LogP contribution in [-0.2, 0) is 6.54 Å². The minimum atomic E-state index is -0.163. The van der Waals surface area contributed by atoms with Gasteiger partial charge in [-0.2, -0.15) is 0 Å². The summed E-state index contributed by atoms with van der Waals surface area (Å²) in [7, 11) is 0. The van der Waals surface area contributed by atoms with Gasteiger partial charge in [-0.1, -0.05) is 6.92 Å². The summed E-state index contributed by atoms with van der Waals surface area (Å²) in [5.74, 6) is 0.566. The Bertz CT molecular complexity index is 659. The molecule has 3 rings (SSSR count). The molecule has 3 heterocycles. The predicted molar refractivity (Wildman–Crippen MR) is 92.7 cm³/mol. The molecule has 1 atom stereocenters. The van der Waals surface area contributed by atoms with Crippen LogP contribution in [0.5, 0.6) is 0 Å². The van der Waals surface area contributed by atoms with Crippen LogP contribution in [0.1, 0.15) is 48.5 Å². The Morgan fingerprint density at radius 2 is 2.00 bits per heavy atom. The van der Waals surface area contributed by atoms with Gasteiger partial charge in [-0.05, 0) is 43.4 Å². The lowest BCUT2D eigenvalue weighted by atomic mass is 10.0. The van der Waals surface area contributed by atoms with Gasteiger partial charge in [0.25, 0.3) is 5.91 Å². The quantitative estimate of drug-likeness (QED) is 0.915. The molecule has 0 radical (unpaired) electrons. The van der Waals surface area contributed by atoms with Gasteiger partial charge in [0, 0.05) is 43.9 Å². The highest BCUT2D eigenvalue weighted by Gasteiger charge is 2.23. The van der Waals surface area contributed by atoms with Crippen molar-refractivity contribution in [2.24, 2.45) is 0 Å². The maximum absolute atomic E-state index is 12.2. The van der Waals surface area contributed by atoms with Crippen LogP contribution in [0.2, 0.25) is 0 Å². The van der Waals surface area contributed by atoms with E-state index < -0.39 is 0 Å². The molecule has 1 amide bonds. The molecule has 0 aliphatic carbocycles. The first-order chi connectivity index (χ1) is 11.8. The van der Waals surface area contributed by atoms with Crippen molar-refractivity contribution >= 4 is 11.9 Å². The number of nitrogens with one attached hydrogen (secondary N) is 1. The first-order valence-corrected chi connectivity index (χ1v) is 8.53. The fraction of sp³-hybridized carbons (Fsp3) is 0.444. The molecule has 0 aromatic carbocycles. The maximum atomic E-state index is 12.2. The van der Waals surface area contributed by atoms with E-state index in [2.05, 4.69) is 32.1 Å². The van der Waals surface area contributed by atoms with Crippen LogP contribution in [-0.4, -0.2) is 33.4 Å². The molecule has 2 aromatic heterocycles. The summed E-state index contributed by atoms with van der Waals surface area (Å²) in [5.41, 5.74) is 1.49. The maximum Gasteiger partial charge on any atom is 0.254 e. The molecular formula is C18H23N5O. The number of amides is 1. The van der Waals surface area contributed by atoms with Gasteiger partial charge >= 0.3 is 0 Å². The minimum absolute atomic E-state index is 0.163. The van der Waals surface area contributed by atoms with Gasteiger partial charge in [0.15, 0.2) is 0 Å². The fourth-order valence-corrected chi connectivity index (χ4v) is 3.06. The van der Waals surface area contributed by atoms with Crippen molar-refractivity contribution < 1.29 is 4.79 Å². The highest BCUT2D eigenvalue weighted by atomic mass is 16.1. The number of rotatable bonds is 5. The third-order valence-corrected chi connectivity index (χ3v) is 4.46. The number of pyridine rings is 1. The van der Waals surface area contributed by atoms with E-state index in [-0.39, 0.29) is 5.91 Å². The molecule has 1 N–H and O–H groups in total. The molecule has 1 aliphatic heterocycles. The number of anilines is 1. The van der Waals surface area contributed by atoms with Crippen molar-refractivity contribution in [1.82, 2.24) is 20.3 Å². The van der Waals surface area contributed by atoms with Crippen LogP contribution >= 0.6 is 0 Å². The summed E-state index contributed by atoms with van der Waals surface area (Å²) < 4.78 is 0. The number of carbonyl (C=O) groups is 1. The largest absolute Gasteiger partial charge is 0.348 e. The summed E-state index contributed by atoms with van der Waals surface area (Å²) >= 11 is 0. The zero-order chi connectivity index (χ0) is 16.8. The molecule has 0 bridgehead atoms. The Hall–Kier alpha value is -2.50. The second-order valence-corrected chi connectivity index (χ2v) is 6.06. The molecule has 0 spiro atoms. The fourth-order valence-electron chi connectivity index (χ4n) is 3.06. The van der Waals surface area contributed by atoms with E-state index in [1.54, 1.807) is 24.8 Å². The molecule has 1 saturated heterocycles. The van der Waals surface area contributed by atoms with Crippen LogP contribution in [0.15, 0.2) is 36.9 Å². The van der Waals surface area contributed by atoms with Crippen LogP contribution < -0.4 is 10.2 Å². The Balaban J connectivity index is 1.62. The van der Waals surface area contributed by atoms with Gasteiger partial charge in [-0.25, -0.2) is 9.97 Å². The number of aromatic nitrogens is 3. The second-order valence-electron chi connectivity index (χ2n) is 6.06. The number of carbonyl (C=O) groups excluding carboxylic acids is 1. The molecular weight excluding hydrogens is 302 g/mol. The molecule has 6 heteroatoms. The Labute approximate surface area is 142 Å². The van der Waals surface area contributed by atoms with E-state index in [9.17, 15) is 4.79 Å². The first-order valence-electron chi connectivity index (χ1n) is 8.53. The zero-order valence-electron chi connectivity index (χ0n) is 14.0. The zero-order valence-corrected chi connectivity index (χ0v) is 14.0. The van der Waals surface area contributed by atoms with E-state index in [1.807, 2.05) is 12.1 Å². The smallest absolute Gasteiger partial charge is 0.254 e. The highest BCUT2D eigenvalue weighted by molar-refractivity contribution is 5.93. The van der Waals surface area contributed by atoms with E-state index in [0.717, 1.165) is 24.5 Å². The second kappa shape index (κ2) is 7.86. The van der Waals surface area contributed by atoms with Crippen molar-refractivity contribution in [1.29, 1.82) is 0 Å². The minimum Gasteiger partial charge on any atom is -0.348 e. The number of piperidine rings is 1. The summed E-state index contributed by atoms with van der Waals surface area (Å²) in [6.45, 7) is 3.66. The lowest BCUT2D eigenvalue weighted by Gasteiger charge is -2.35. The van der Waals surface area contributed by atoms with Crippen molar-refractivity contribution in [3.8, 4) is 0 Å². The van der Waals surface area contributed by atoms with Crippen LogP contribution in [0.25, 0.3) is 0 Å². The van der Waals surface area contributed by atoms with E-state index in [1.165, 1.54) is 19.3 Å². The van der Waals surface area contributed by atoms with Gasteiger partial charge in [0.1, 0.15) is 0 Å². The Morgan fingerprint density at radius 3 is 2.71 bits per heavy atom. The number of hydrogen-bond donors (Lipinski definition) is 1. The third kappa shape index (κ3) is 3.88. The van der Waals surface area contributed by atoms with Crippen molar-refractivity contribution in [2.75, 3.05) is 11.4 Å². The summed E-state index contributed by atoms with van der Waals surface area (Å²) in [6.07, 6.45) is 11.4. The van der Waals surface area contributed by atoms with Gasteiger partial charge in [0.05, 0.1) is 5.56 Å². The van der Waals surface area contributed by atoms with Crippen molar-refractivity contribution in [2.45, 2.75) is 45.2 Å². The molecule has 24 heavy (non-hydrogen) atoms. The normalized spacial score (nSPS) is 17.5. The highest BCUT2D eigenvalue weighted by Crippen LogP contribution is 2.23. The van der Waals surface area contributed by atoms with Gasteiger partial charge in [-0.15, -0.1) is 0 Å². The van der Waals surface area contributed by atoms with Crippen molar-refractivity contribution in [3.63, 3.8) is 0 Å². The molecule has 2 aromatic rings. The first kappa shape index (κ1) is 16.4. The van der Waals surface area contributed by atoms with Crippen LogP contribution in [0.3, 0.4) is 0 Å². The Kier molecular flexibility index (Phi) is 5.36. The van der Waals surface area contributed by atoms with Crippen LogP contribution in [0.4, 0.5) is 5.95 Å². The SMILES string of the molecule is CCC1CCCCN1c1ncc(C(=O)NCc2ccncc2)cn1. The van der Waals surface area contributed by atoms with Gasteiger partial charge in [0.2, 0.25) is 5.95 Å². The molecule has 6 nitrogen and oxygen atoms in total. The topological polar surface area (TPSA) is 71.0 Å². The molecule has 1 unspecified atom stereocenters. The monoisotopic (exact) mass is 325 g/mol. The molecule has 0 saturated carbocycles. The van der Waals surface area contributed by atoms with E-state index in [0.29, 0.717) is 18.2 Å². The standard InChI is InChI=1S/C18H23N5O/c1-2-16-5-3-4-10-23(16)18-21-12-15(13-22-18)17(24)20-11-14-6-8-19-9-7-14/h6-9,12-13,16H,2-5,10-11H2,1H3,(H,20,24). The summed E-state index contributed by atoms with van der Waals surface area (Å²) in [4.78, 5) is 27.3. The average Bonchev–Trinajstić information content (AvgIpc) is 2.67. The molecule has 1 fully saturated rings. The van der Waals surface area contributed by atoms with E-state index in [4.69, 9.17) is 0 Å². The lowest BCUT2D eigenvalue weighted by Crippen LogP contribution is -2.40. The van der Waals surface area contributed by atoms with Gasteiger partial charge < -0.3 is 10.2 Å². The third-order valence-electron chi connectivity index (χ3n) is 4.46. The number of hydrogen-bond acceptors (Lipinski definition) is 5.